The Bertz CT molecular complexity index is 1080. The summed E-state index contributed by atoms with van der Waals surface area (Å²) < 4.78 is 17.7. The monoisotopic (exact) mass is 505 g/mol. The number of carbonyl (C=O) groups is 2. The molecular weight excluding hydrogens is 474 g/mol. The predicted octanol–water partition coefficient (Wildman–Crippen LogP) is 2.51. The van der Waals surface area contributed by atoms with E-state index in [9.17, 15) is 19.8 Å². The smallest absolute Gasteiger partial charge is 0.303 e. The Balaban J connectivity index is 1.73. The number of nitrogens with one attached hydrogen (secondary N) is 1. The molecule has 0 unspecified atom stereocenters. The molecule has 0 aromatic heterocycles. The van der Waals surface area contributed by atoms with Crippen molar-refractivity contribution in [1.82, 2.24) is 5.32 Å². The summed E-state index contributed by atoms with van der Waals surface area (Å²) in [7, 11) is 0. The van der Waals surface area contributed by atoms with Crippen LogP contribution in [0, 0.1) is 0 Å². The average Bonchev–Trinajstić information content (AvgIpc) is 2.90. The standard InChI is InChI=1S/C29H31NO7/c1-19(31)30-25-27(36-20(2)32)26(33)24(37-28(25)34)18-35-29(21-12-6-3-7-13-21,22-14-8-4-9-15-22)23-16-10-5-11-17-23/h3-17,24-28,33-34H,18H2,1-2H3,(H,30,31)/t24-,25-,26+,27+,28-/m0/s1. The highest BCUT2D eigenvalue weighted by molar-refractivity contribution is 5.73. The lowest BCUT2D eigenvalue weighted by atomic mass is 9.80. The van der Waals surface area contributed by atoms with E-state index in [-0.39, 0.29) is 6.61 Å². The molecule has 3 aromatic carbocycles. The zero-order valence-electron chi connectivity index (χ0n) is 20.7. The van der Waals surface area contributed by atoms with Crippen LogP contribution in [0.5, 0.6) is 0 Å². The number of carbonyl (C=O) groups excluding carboxylic acids is 2. The lowest BCUT2D eigenvalue weighted by Crippen LogP contribution is -2.65. The zero-order chi connectivity index (χ0) is 26.4. The Morgan fingerprint density at radius 1 is 0.838 bits per heavy atom. The van der Waals surface area contributed by atoms with Gasteiger partial charge in [0.15, 0.2) is 12.4 Å². The van der Waals surface area contributed by atoms with Gasteiger partial charge in [-0.2, -0.15) is 0 Å². The van der Waals surface area contributed by atoms with Gasteiger partial charge in [0.05, 0.1) is 6.61 Å². The zero-order valence-corrected chi connectivity index (χ0v) is 20.7. The molecule has 0 bridgehead atoms. The van der Waals surface area contributed by atoms with Gasteiger partial charge >= 0.3 is 5.97 Å². The number of rotatable bonds is 8. The highest BCUT2D eigenvalue weighted by Crippen LogP contribution is 2.41. The van der Waals surface area contributed by atoms with Crippen LogP contribution in [0.1, 0.15) is 30.5 Å². The first kappa shape index (κ1) is 26.5. The maximum atomic E-state index is 11.8. The Kier molecular flexibility index (Phi) is 8.35. The summed E-state index contributed by atoms with van der Waals surface area (Å²) >= 11 is 0. The highest BCUT2D eigenvalue weighted by atomic mass is 16.6. The SMILES string of the molecule is CC(=O)N[C@H]1[C@@H](OC(C)=O)[C@H](O)[C@H](COC(c2ccccc2)(c2ccccc2)c2ccccc2)O[C@@H]1O. The fourth-order valence-electron chi connectivity index (χ4n) is 4.77. The molecule has 0 radical (unpaired) electrons. The molecule has 1 saturated heterocycles. The number of benzene rings is 3. The second-order valence-corrected chi connectivity index (χ2v) is 8.95. The molecule has 5 atom stereocenters. The van der Waals surface area contributed by atoms with Gasteiger partial charge in [-0.05, 0) is 16.7 Å². The van der Waals surface area contributed by atoms with Crippen molar-refractivity contribution in [2.45, 2.75) is 50.1 Å². The molecule has 1 heterocycles. The van der Waals surface area contributed by atoms with E-state index in [0.29, 0.717) is 0 Å². The molecule has 0 aliphatic carbocycles. The number of hydrogen-bond acceptors (Lipinski definition) is 7. The molecule has 1 amide bonds. The molecule has 0 spiro atoms. The van der Waals surface area contributed by atoms with Crippen LogP contribution in [0.25, 0.3) is 0 Å². The molecular formula is C29H31NO7. The molecule has 37 heavy (non-hydrogen) atoms. The molecule has 8 heteroatoms. The van der Waals surface area contributed by atoms with Crippen molar-refractivity contribution in [3.8, 4) is 0 Å². The van der Waals surface area contributed by atoms with E-state index in [1.807, 2.05) is 91.0 Å². The van der Waals surface area contributed by atoms with Gasteiger partial charge in [-0.15, -0.1) is 0 Å². The minimum atomic E-state index is -1.54. The third-order valence-corrected chi connectivity index (χ3v) is 6.37. The summed E-state index contributed by atoms with van der Waals surface area (Å²) in [4.78, 5) is 23.5. The van der Waals surface area contributed by atoms with E-state index in [0.717, 1.165) is 16.7 Å². The van der Waals surface area contributed by atoms with Gasteiger partial charge < -0.3 is 29.7 Å². The van der Waals surface area contributed by atoms with Gasteiger partial charge in [0, 0.05) is 13.8 Å². The van der Waals surface area contributed by atoms with E-state index < -0.39 is 48.1 Å². The second kappa shape index (κ2) is 11.7. The van der Waals surface area contributed by atoms with Crippen molar-refractivity contribution < 1.29 is 34.0 Å². The predicted molar refractivity (Wildman–Crippen MR) is 135 cm³/mol. The van der Waals surface area contributed by atoms with Crippen molar-refractivity contribution in [3.63, 3.8) is 0 Å². The molecule has 1 aliphatic rings. The molecule has 8 nitrogen and oxygen atoms in total. The van der Waals surface area contributed by atoms with E-state index in [1.165, 1.54) is 13.8 Å². The van der Waals surface area contributed by atoms with Crippen LogP contribution >= 0.6 is 0 Å². The lowest BCUT2D eigenvalue weighted by Gasteiger charge is -2.44. The van der Waals surface area contributed by atoms with Gasteiger partial charge in [0.25, 0.3) is 0 Å². The maximum absolute atomic E-state index is 11.8. The summed E-state index contributed by atoms with van der Waals surface area (Å²) in [6.07, 6.45) is -5.23. The third-order valence-electron chi connectivity index (χ3n) is 6.37. The largest absolute Gasteiger partial charge is 0.457 e. The lowest BCUT2D eigenvalue weighted by molar-refractivity contribution is -0.264. The van der Waals surface area contributed by atoms with Crippen LogP contribution in [-0.4, -0.2) is 59.3 Å². The van der Waals surface area contributed by atoms with E-state index in [1.54, 1.807) is 0 Å². The fourth-order valence-corrected chi connectivity index (χ4v) is 4.77. The average molecular weight is 506 g/mol. The van der Waals surface area contributed by atoms with Crippen LogP contribution < -0.4 is 5.32 Å². The first-order chi connectivity index (χ1) is 17.8. The number of ether oxygens (including phenoxy) is 3. The summed E-state index contributed by atoms with van der Waals surface area (Å²) in [5, 5.41) is 24.3. The molecule has 194 valence electrons. The fraction of sp³-hybridized carbons (Fsp3) is 0.310. The van der Waals surface area contributed by atoms with Crippen molar-refractivity contribution in [1.29, 1.82) is 0 Å². The quantitative estimate of drug-likeness (QED) is 0.318. The number of aliphatic hydroxyl groups excluding tert-OH is 2. The van der Waals surface area contributed by atoms with Gasteiger partial charge in [-0.3, -0.25) is 9.59 Å². The Morgan fingerprint density at radius 2 is 1.30 bits per heavy atom. The molecule has 3 N–H and O–H groups in total. The number of amides is 1. The van der Waals surface area contributed by atoms with Gasteiger partial charge in [-0.1, -0.05) is 91.0 Å². The van der Waals surface area contributed by atoms with Gasteiger partial charge in [-0.25, -0.2) is 0 Å². The molecule has 1 fully saturated rings. The third kappa shape index (κ3) is 5.73. The van der Waals surface area contributed by atoms with E-state index >= 15 is 0 Å². The summed E-state index contributed by atoms with van der Waals surface area (Å²) in [5.74, 6) is -1.14. The first-order valence-corrected chi connectivity index (χ1v) is 12.1. The Labute approximate surface area is 215 Å². The van der Waals surface area contributed by atoms with Crippen LogP contribution in [0.3, 0.4) is 0 Å². The van der Waals surface area contributed by atoms with Crippen molar-refractivity contribution in [3.05, 3.63) is 108 Å². The van der Waals surface area contributed by atoms with E-state index in [4.69, 9.17) is 14.2 Å². The van der Waals surface area contributed by atoms with Gasteiger partial charge in [0.1, 0.15) is 23.9 Å². The Hall–Kier alpha value is -3.56. The van der Waals surface area contributed by atoms with E-state index in [2.05, 4.69) is 5.32 Å². The topological polar surface area (TPSA) is 114 Å². The molecule has 0 saturated carbocycles. The molecule has 3 aromatic rings. The summed E-state index contributed by atoms with van der Waals surface area (Å²) in [5.41, 5.74) is 1.48. The highest BCUT2D eigenvalue weighted by Gasteiger charge is 2.48. The number of esters is 1. The van der Waals surface area contributed by atoms with Gasteiger partial charge in [0.2, 0.25) is 5.91 Å². The normalized spacial score (nSPS) is 23.7. The van der Waals surface area contributed by atoms with Crippen molar-refractivity contribution >= 4 is 11.9 Å². The number of aliphatic hydroxyl groups is 2. The van der Waals surface area contributed by atoms with Crippen LogP contribution in [0.2, 0.25) is 0 Å². The minimum absolute atomic E-state index is 0.165. The molecule has 4 rings (SSSR count). The van der Waals surface area contributed by atoms with Crippen LogP contribution in [0.15, 0.2) is 91.0 Å². The van der Waals surface area contributed by atoms with Crippen molar-refractivity contribution in [2.75, 3.05) is 6.61 Å². The summed E-state index contributed by atoms with van der Waals surface area (Å²) in [6, 6.07) is 27.9. The van der Waals surface area contributed by atoms with Crippen LogP contribution in [-0.2, 0) is 29.4 Å². The molecule has 1 aliphatic heterocycles. The maximum Gasteiger partial charge on any atom is 0.303 e. The number of hydrogen-bond donors (Lipinski definition) is 3. The minimum Gasteiger partial charge on any atom is -0.457 e. The Morgan fingerprint density at radius 3 is 1.70 bits per heavy atom. The summed E-state index contributed by atoms with van der Waals surface area (Å²) in [6.45, 7) is 2.28. The van der Waals surface area contributed by atoms with Crippen molar-refractivity contribution in [2.24, 2.45) is 0 Å². The second-order valence-electron chi connectivity index (χ2n) is 8.95. The first-order valence-electron chi connectivity index (χ1n) is 12.1. The van der Waals surface area contributed by atoms with Crippen LogP contribution in [0.4, 0.5) is 0 Å².